The van der Waals surface area contributed by atoms with Crippen LogP contribution in [-0.4, -0.2) is 5.11 Å². The minimum absolute atomic E-state index is 0.0727. The summed E-state index contributed by atoms with van der Waals surface area (Å²) >= 11 is 1.53. The number of aliphatic hydroxyl groups is 1. The van der Waals surface area contributed by atoms with Crippen molar-refractivity contribution < 1.29 is 18.3 Å². The molecule has 0 amide bonds. The Labute approximate surface area is 86.7 Å². The molecule has 0 spiro atoms. The summed E-state index contributed by atoms with van der Waals surface area (Å²) in [5.41, 5.74) is -0.694. The maximum Gasteiger partial charge on any atom is 0.165 e. The van der Waals surface area contributed by atoms with E-state index < -0.39 is 24.1 Å². The zero-order chi connectivity index (χ0) is 10.2. The molecule has 0 fully saturated rings. The molecule has 1 nitrogen and oxygen atoms in total. The van der Waals surface area contributed by atoms with Crippen LogP contribution >= 0.6 is 22.6 Å². The highest BCUT2D eigenvalue weighted by molar-refractivity contribution is 14.1. The third-order valence-electron chi connectivity index (χ3n) is 1.73. The molecule has 0 radical (unpaired) electrons. The maximum atomic E-state index is 13.1. The van der Waals surface area contributed by atoms with Gasteiger partial charge in [0.1, 0.15) is 5.82 Å². The van der Waals surface area contributed by atoms with E-state index in [0.717, 1.165) is 6.92 Å². The second-order valence-electron chi connectivity index (χ2n) is 2.52. The van der Waals surface area contributed by atoms with Gasteiger partial charge < -0.3 is 5.11 Å². The van der Waals surface area contributed by atoms with E-state index in [2.05, 4.69) is 0 Å². The third kappa shape index (κ3) is 1.67. The molecule has 1 aromatic carbocycles. The second-order valence-corrected chi connectivity index (χ2v) is 3.60. The van der Waals surface area contributed by atoms with E-state index >= 15 is 0 Å². The SMILES string of the molecule is Cc1c(F)c(F)c(CO)c(I)c1F. The van der Waals surface area contributed by atoms with Gasteiger partial charge in [0, 0.05) is 11.1 Å². The molecular formula is C8H6F3IO. The van der Waals surface area contributed by atoms with E-state index in [4.69, 9.17) is 5.11 Å². The standard InChI is InChI=1S/C8H6F3IO/c1-3-5(9)7(11)4(2-13)8(12)6(3)10/h13H,2H2,1H3. The van der Waals surface area contributed by atoms with E-state index in [1.807, 2.05) is 0 Å². The summed E-state index contributed by atoms with van der Waals surface area (Å²) < 4.78 is 38.9. The van der Waals surface area contributed by atoms with Crippen LogP contribution in [0.4, 0.5) is 13.2 Å². The lowest BCUT2D eigenvalue weighted by Crippen LogP contribution is -2.05. The molecule has 1 rings (SSSR count). The molecule has 0 aliphatic heterocycles. The van der Waals surface area contributed by atoms with Crippen LogP contribution in [0.3, 0.4) is 0 Å². The largest absolute Gasteiger partial charge is 0.392 e. The molecule has 13 heavy (non-hydrogen) atoms. The predicted octanol–water partition coefficient (Wildman–Crippen LogP) is 2.51. The van der Waals surface area contributed by atoms with Gasteiger partial charge in [-0.2, -0.15) is 0 Å². The highest BCUT2D eigenvalue weighted by Crippen LogP contribution is 2.25. The van der Waals surface area contributed by atoms with Gasteiger partial charge in [-0.3, -0.25) is 0 Å². The van der Waals surface area contributed by atoms with Crippen LogP contribution in [0, 0.1) is 27.9 Å². The maximum absolute atomic E-state index is 13.1. The van der Waals surface area contributed by atoms with Crippen molar-refractivity contribution in [3.63, 3.8) is 0 Å². The van der Waals surface area contributed by atoms with Gasteiger partial charge >= 0.3 is 0 Å². The highest BCUT2D eigenvalue weighted by atomic mass is 127. The smallest absolute Gasteiger partial charge is 0.165 e. The molecule has 0 bridgehead atoms. The highest BCUT2D eigenvalue weighted by Gasteiger charge is 2.20. The van der Waals surface area contributed by atoms with Crippen LogP contribution in [-0.2, 0) is 6.61 Å². The Bertz CT molecular complexity index is 323. The minimum Gasteiger partial charge on any atom is -0.392 e. The van der Waals surface area contributed by atoms with Crippen LogP contribution in [0.2, 0.25) is 0 Å². The number of rotatable bonds is 1. The molecule has 0 saturated carbocycles. The number of aliphatic hydroxyl groups excluding tert-OH is 1. The van der Waals surface area contributed by atoms with E-state index in [1.165, 1.54) is 22.6 Å². The molecule has 0 saturated heterocycles. The Morgan fingerprint density at radius 1 is 1.15 bits per heavy atom. The van der Waals surface area contributed by atoms with Crippen molar-refractivity contribution in [2.45, 2.75) is 13.5 Å². The Morgan fingerprint density at radius 2 is 1.69 bits per heavy atom. The van der Waals surface area contributed by atoms with Gasteiger partial charge in [0.15, 0.2) is 11.6 Å². The fourth-order valence-corrected chi connectivity index (χ4v) is 1.74. The molecule has 0 heterocycles. The molecular weight excluding hydrogens is 296 g/mol. The normalized spacial score (nSPS) is 10.6. The van der Waals surface area contributed by atoms with Crippen LogP contribution < -0.4 is 0 Å². The first-order chi connectivity index (χ1) is 6.00. The van der Waals surface area contributed by atoms with Gasteiger partial charge in [-0.05, 0) is 29.5 Å². The van der Waals surface area contributed by atoms with E-state index in [0.29, 0.717) is 0 Å². The number of hydrogen-bond acceptors (Lipinski definition) is 1. The quantitative estimate of drug-likeness (QED) is 0.624. The predicted molar refractivity (Wildman–Crippen MR) is 49.7 cm³/mol. The lowest BCUT2D eigenvalue weighted by atomic mass is 10.1. The molecule has 72 valence electrons. The summed E-state index contributed by atoms with van der Waals surface area (Å²) in [7, 11) is 0. The van der Waals surface area contributed by atoms with Gasteiger partial charge in [-0.25, -0.2) is 13.2 Å². The van der Waals surface area contributed by atoms with Gasteiger partial charge in [-0.1, -0.05) is 0 Å². The van der Waals surface area contributed by atoms with Crippen molar-refractivity contribution in [3.05, 3.63) is 32.1 Å². The molecule has 1 aromatic rings. The average molecular weight is 302 g/mol. The van der Waals surface area contributed by atoms with E-state index in [-0.39, 0.29) is 14.7 Å². The van der Waals surface area contributed by atoms with Crippen molar-refractivity contribution in [3.8, 4) is 0 Å². The minimum atomic E-state index is -1.23. The summed E-state index contributed by atoms with van der Waals surface area (Å²) in [6, 6.07) is 0. The Kier molecular flexibility index (Phi) is 3.18. The molecule has 5 heteroatoms. The van der Waals surface area contributed by atoms with Gasteiger partial charge in [0.25, 0.3) is 0 Å². The molecule has 0 aliphatic rings. The third-order valence-corrected chi connectivity index (χ3v) is 2.86. The van der Waals surface area contributed by atoms with Crippen LogP contribution in [0.25, 0.3) is 0 Å². The number of hydrogen-bond donors (Lipinski definition) is 1. The molecule has 0 aliphatic carbocycles. The van der Waals surface area contributed by atoms with Gasteiger partial charge in [0.05, 0.1) is 10.2 Å². The van der Waals surface area contributed by atoms with Gasteiger partial charge in [0.2, 0.25) is 0 Å². The van der Waals surface area contributed by atoms with Crippen LogP contribution in [0.15, 0.2) is 0 Å². The van der Waals surface area contributed by atoms with Crippen molar-refractivity contribution in [1.82, 2.24) is 0 Å². The summed E-state index contributed by atoms with van der Waals surface area (Å²) in [5, 5.41) is 8.66. The van der Waals surface area contributed by atoms with E-state index in [9.17, 15) is 13.2 Å². The summed E-state index contributed by atoms with van der Waals surface area (Å²) in [6.07, 6.45) is 0. The van der Waals surface area contributed by atoms with Crippen molar-refractivity contribution in [2.24, 2.45) is 0 Å². The van der Waals surface area contributed by atoms with Crippen molar-refractivity contribution in [2.75, 3.05) is 0 Å². The van der Waals surface area contributed by atoms with Crippen LogP contribution in [0.1, 0.15) is 11.1 Å². The summed E-state index contributed by atoms with van der Waals surface area (Å²) in [5.74, 6) is -3.23. The Morgan fingerprint density at radius 3 is 2.15 bits per heavy atom. The number of halogens is 4. The molecule has 0 atom stereocenters. The first-order valence-electron chi connectivity index (χ1n) is 3.43. The number of benzene rings is 1. The zero-order valence-electron chi connectivity index (χ0n) is 6.67. The first kappa shape index (κ1) is 10.8. The molecule has 0 unspecified atom stereocenters. The summed E-state index contributed by atoms with van der Waals surface area (Å²) in [4.78, 5) is 0. The Balaban J connectivity index is 3.56. The summed E-state index contributed by atoms with van der Waals surface area (Å²) in [6.45, 7) is 0.440. The monoisotopic (exact) mass is 302 g/mol. The topological polar surface area (TPSA) is 20.2 Å². The molecule has 1 N–H and O–H groups in total. The Hall–Kier alpha value is -0.300. The second kappa shape index (κ2) is 3.83. The average Bonchev–Trinajstić information content (AvgIpc) is 2.13. The zero-order valence-corrected chi connectivity index (χ0v) is 8.82. The fraction of sp³-hybridized carbons (Fsp3) is 0.250. The van der Waals surface area contributed by atoms with Crippen molar-refractivity contribution in [1.29, 1.82) is 0 Å². The lowest BCUT2D eigenvalue weighted by molar-refractivity contribution is 0.270. The first-order valence-corrected chi connectivity index (χ1v) is 4.50. The fourth-order valence-electron chi connectivity index (χ4n) is 0.926. The van der Waals surface area contributed by atoms with Gasteiger partial charge in [-0.15, -0.1) is 0 Å². The van der Waals surface area contributed by atoms with Crippen molar-refractivity contribution >= 4 is 22.6 Å². The molecule has 0 aromatic heterocycles. The lowest BCUT2D eigenvalue weighted by Gasteiger charge is -2.08. The van der Waals surface area contributed by atoms with Crippen LogP contribution in [0.5, 0.6) is 0 Å². The van der Waals surface area contributed by atoms with E-state index in [1.54, 1.807) is 0 Å².